The molecule has 2 aromatic carbocycles. The molecule has 0 unspecified atom stereocenters. The summed E-state index contributed by atoms with van der Waals surface area (Å²) in [5, 5.41) is 9.92. The predicted octanol–water partition coefficient (Wildman–Crippen LogP) is 6.89. The highest BCUT2D eigenvalue weighted by molar-refractivity contribution is 7.53. The molecule has 0 heterocycles. The second kappa shape index (κ2) is 11.1. The number of ether oxygens (including phenoxy) is 1. The number of fused-ring (bicyclic) bond motifs is 3. The van der Waals surface area contributed by atoms with Crippen LogP contribution in [0, 0.1) is 11.8 Å². The Balaban J connectivity index is 1.70. The van der Waals surface area contributed by atoms with Crippen LogP contribution in [0.15, 0.2) is 48.5 Å². The van der Waals surface area contributed by atoms with E-state index in [9.17, 15) is 19.3 Å². The van der Waals surface area contributed by atoms with Crippen LogP contribution >= 0.6 is 7.60 Å². The van der Waals surface area contributed by atoms with Gasteiger partial charge in [-0.15, -0.1) is 0 Å². The summed E-state index contributed by atoms with van der Waals surface area (Å²) in [7, 11) is -3.68. The van der Waals surface area contributed by atoms with Gasteiger partial charge in [-0.05, 0) is 69.7 Å². The smallest absolute Gasteiger partial charge is 0.331 e. The normalized spacial score (nSPS) is 15.5. The molecule has 1 aliphatic carbocycles. The molecule has 1 N–H and O–H groups in total. The monoisotopic (exact) mass is 530 g/mol. The molecule has 8 heteroatoms. The van der Waals surface area contributed by atoms with E-state index in [4.69, 9.17) is 13.8 Å². The van der Waals surface area contributed by atoms with E-state index < -0.39 is 42.6 Å². The fourth-order valence-corrected chi connectivity index (χ4v) is 7.61. The standard InChI is InChI=1S/C29H39O7P/c1-19(18-37(33,35-28(2,3)4)36-29(5,6)7)24(27(31)32)16-26(30)34-17-25-22-14-10-8-12-20(22)21-13-9-11-15-23(21)25/h8-15,19,24-25H,16-18H2,1-7H3,(H,31,32)/t19-,24-/m0/s1. The maximum atomic E-state index is 13.6. The van der Waals surface area contributed by atoms with Crippen LogP contribution in [0.4, 0.5) is 0 Å². The zero-order valence-corrected chi connectivity index (χ0v) is 23.7. The summed E-state index contributed by atoms with van der Waals surface area (Å²) in [4.78, 5) is 25.0. The fourth-order valence-electron chi connectivity index (χ4n) is 4.79. The van der Waals surface area contributed by atoms with Crippen molar-refractivity contribution in [2.24, 2.45) is 11.8 Å². The van der Waals surface area contributed by atoms with Gasteiger partial charge in [0, 0.05) is 5.92 Å². The van der Waals surface area contributed by atoms with Gasteiger partial charge in [-0.25, -0.2) is 0 Å². The van der Waals surface area contributed by atoms with Gasteiger partial charge in [-0.2, -0.15) is 0 Å². The first-order valence-electron chi connectivity index (χ1n) is 12.7. The van der Waals surface area contributed by atoms with Crippen LogP contribution in [0.25, 0.3) is 11.1 Å². The highest BCUT2D eigenvalue weighted by Crippen LogP contribution is 2.56. The topological polar surface area (TPSA) is 99.1 Å². The van der Waals surface area contributed by atoms with Gasteiger partial charge >= 0.3 is 19.5 Å². The third-order valence-electron chi connectivity index (χ3n) is 6.10. The van der Waals surface area contributed by atoms with Crippen molar-refractivity contribution in [3.8, 4) is 11.1 Å². The number of hydrogen-bond donors (Lipinski definition) is 1. The van der Waals surface area contributed by atoms with Gasteiger partial charge in [0.2, 0.25) is 0 Å². The van der Waals surface area contributed by atoms with Crippen molar-refractivity contribution < 1.29 is 33.0 Å². The number of esters is 1. The van der Waals surface area contributed by atoms with Crippen molar-refractivity contribution >= 4 is 19.5 Å². The lowest BCUT2D eigenvalue weighted by Gasteiger charge is -2.34. The van der Waals surface area contributed by atoms with E-state index in [0.29, 0.717) is 0 Å². The van der Waals surface area contributed by atoms with Gasteiger partial charge in [0.1, 0.15) is 6.61 Å². The van der Waals surface area contributed by atoms with E-state index in [1.807, 2.05) is 36.4 Å². The Hall–Kier alpha value is -2.47. The molecule has 37 heavy (non-hydrogen) atoms. The minimum Gasteiger partial charge on any atom is -0.481 e. The SMILES string of the molecule is C[C@@H](CP(=O)(OC(C)(C)C)OC(C)(C)C)[C@H](CC(=O)OCC1c2ccccc2-c2ccccc21)C(=O)O. The summed E-state index contributed by atoms with van der Waals surface area (Å²) >= 11 is 0. The maximum Gasteiger partial charge on any atom is 0.331 e. The molecule has 0 amide bonds. The van der Waals surface area contributed by atoms with Crippen molar-refractivity contribution in [1.29, 1.82) is 0 Å². The number of hydrogen-bond acceptors (Lipinski definition) is 6. The molecule has 0 saturated heterocycles. The van der Waals surface area contributed by atoms with Crippen LogP contribution in [0.1, 0.15) is 71.9 Å². The van der Waals surface area contributed by atoms with E-state index in [1.165, 1.54) is 0 Å². The number of carbonyl (C=O) groups excluding carboxylic acids is 1. The average molecular weight is 531 g/mol. The number of carboxylic acids is 1. The summed E-state index contributed by atoms with van der Waals surface area (Å²) < 4.78 is 30.9. The summed E-state index contributed by atoms with van der Waals surface area (Å²) in [6, 6.07) is 16.0. The molecule has 0 bridgehead atoms. The zero-order valence-electron chi connectivity index (χ0n) is 22.8. The number of carboxylic acid groups (broad SMARTS) is 1. The van der Waals surface area contributed by atoms with E-state index in [2.05, 4.69) is 12.1 Å². The van der Waals surface area contributed by atoms with Crippen molar-refractivity contribution in [2.75, 3.05) is 12.8 Å². The van der Waals surface area contributed by atoms with Crippen LogP contribution in [0.3, 0.4) is 0 Å². The molecular formula is C29H39O7P. The fraction of sp³-hybridized carbons (Fsp3) is 0.517. The summed E-state index contributed by atoms with van der Waals surface area (Å²) in [6.45, 7) is 12.4. The summed E-state index contributed by atoms with van der Waals surface area (Å²) in [6.07, 6.45) is -0.466. The quantitative estimate of drug-likeness (QED) is 0.264. The van der Waals surface area contributed by atoms with Crippen LogP contribution in [0.5, 0.6) is 0 Å². The molecule has 0 aromatic heterocycles. The molecule has 0 spiro atoms. The predicted molar refractivity (Wildman–Crippen MR) is 144 cm³/mol. The van der Waals surface area contributed by atoms with E-state index in [-0.39, 0.29) is 25.1 Å². The largest absolute Gasteiger partial charge is 0.481 e. The first-order valence-corrected chi connectivity index (χ1v) is 14.4. The summed E-state index contributed by atoms with van der Waals surface area (Å²) in [5.41, 5.74) is 2.88. The molecule has 0 saturated carbocycles. The first kappa shape index (κ1) is 29.1. The molecule has 2 aromatic rings. The molecule has 0 radical (unpaired) electrons. The minimum atomic E-state index is -3.68. The van der Waals surface area contributed by atoms with E-state index >= 15 is 0 Å². The molecule has 7 nitrogen and oxygen atoms in total. The Bertz CT molecular complexity index is 1110. The second-order valence-corrected chi connectivity index (χ2v) is 13.7. The van der Waals surface area contributed by atoms with Crippen molar-refractivity contribution in [3.63, 3.8) is 0 Å². The Kier molecular flexibility index (Phi) is 8.73. The highest BCUT2D eigenvalue weighted by Gasteiger charge is 2.40. The van der Waals surface area contributed by atoms with Crippen LogP contribution in [-0.4, -0.2) is 41.0 Å². The van der Waals surface area contributed by atoms with Crippen molar-refractivity contribution in [3.05, 3.63) is 59.7 Å². The zero-order chi connectivity index (χ0) is 27.6. The average Bonchev–Trinajstić information content (AvgIpc) is 3.06. The molecule has 3 rings (SSSR count). The molecule has 202 valence electrons. The number of aliphatic carboxylic acids is 1. The maximum absolute atomic E-state index is 13.6. The van der Waals surface area contributed by atoms with Crippen LogP contribution in [0.2, 0.25) is 0 Å². The van der Waals surface area contributed by atoms with Gasteiger partial charge in [-0.3, -0.25) is 14.2 Å². The Morgan fingerprint density at radius 2 is 1.35 bits per heavy atom. The summed E-state index contributed by atoms with van der Waals surface area (Å²) in [5.74, 6) is -3.63. The Labute approximate surface area is 220 Å². The van der Waals surface area contributed by atoms with Crippen LogP contribution < -0.4 is 0 Å². The Morgan fingerprint density at radius 1 is 0.892 bits per heavy atom. The Morgan fingerprint density at radius 3 is 1.78 bits per heavy atom. The lowest BCUT2D eigenvalue weighted by Crippen LogP contribution is -2.31. The molecule has 0 fully saturated rings. The van der Waals surface area contributed by atoms with Gasteiger partial charge in [-0.1, -0.05) is 55.5 Å². The molecule has 0 aliphatic heterocycles. The lowest BCUT2D eigenvalue weighted by atomic mass is 9.92. The van der Waals surface area contributed by atoms with Gasteiger partial charge in [0.15, 0.2) is 0 Å². The third kappa shape index (κ3) is 7.76. The van der Waals surface area contributed by atoms with E-state index in [0.717, 1.165) is 22.3 Å². The highest BCUT2D eigenvalue weighted by atomic mass is 31.2. The second-order valence-electron chi connectivity index (χ2n) is 11.7. The van der Waals surface area contributed by atoms with Crippen LogP contribution in [-0.2, 0) is 27.9 Å². The number of rotatable bonds is 10. The number of carbonyl (C=O) groups is 2. The van der Waals surface area contributed by atoms with Crippen molar-refractivity contribution in [1.82, 2.24) is 0 Å². The van der Waals surface area contributed by atoms with E-state index in [1.54, 1.807) is 48.5 Å². The lowest BCUT2D eigenvalue weighted by molar-refractivity contribution is -0.153. The van der Waals surface area contributed by atoms with Crippen molar-refractivity contribution in [2.45, 2.75) is 72.0 Å². The first-order chi connectivity index (χ1) is 17.1. The molecule has 1 aliphatic rings. The van der Waals surface area contributed by atoms with Gasteiger partial charge in [0.25, 0.3) is 0 Å². The van der Waals surface area contributed by atoms with Gasteiger partial charge in [0.05, 0.1) is 29.7 Å². The third-order valence-corrected chi connectivity index (χ3v) is 8.78. The molecule has 2 atom stereocenters. The number of benzene rings is 2. The minimum absolute atomic E-state index is 0.113. The molecular weight excluding hydrogens is 491 g/mol. The van der Waals surface area contributed by atoms with Gasteiger partial charge < -0.3 is 18.9 Å².